The first-order valence-corrected chi connectivity index (χ1v) is 15.0. The molecule has 3 aromatic heterocycles. The lowest BCUT2D eigenvalue weighted by molar-refractivity contribution is -0.140. The van der Waals surface area contributed by atoms with Gasteiger partial charge in [0.25, 0.3) is 10.0 Å². The first-order valence-electron chi connectivity index (χ1n) is 13.5. The number of pyridine rings is 1. The Kier molecular flexibility index (Phi) is 7.27. The van der Waals surface area contributed by atoms with Crippen LogP contribution in [0.3, 0.4) is 0 Å². The SMILES string of the molecule is Cn1cnc(S(=O)(=O)N(CC(F)(F)F)[C@H]2CCC3=Cc4c(cnn4-c4ccc(F)cc4)C[C@]3(C(=O)c3cc(F)ccn3)C2)c1. The smallest absolute Gasteiger partial charge is 0.339 e. The molecule has 0 spiro atoms. The predicted molar refractivity (Wildman–Crippen MR) is 147 cm³/mol. The number of alkyl halides is 3. The molecule has 0 amide bonds. The Balaban J connectivity index is 1.46. The summed E-state index contributed by atoms with van der Waals surface area (Å²) in [7, 11) is -3.25. The molecule has 3 heterocycles. The zero-order valence-corrected chi connectivity index (χ0v) is 24.0. The highest BCUT2D eigenvalue weighted by Gasteiger charge is 2.53. The highest BCUT2D eigenvalue weighted by molar-refractivity contribution is 7.89. The summed E-state index contributed by atoms with van der Waals surface area (Å²) in [5.74, 6) is -1.81. The van der Waals surface area contributed by atoms with E-state index >= 15 is 0 Å². The summed E-state index contributed by atoms with van der Waals surface area (Å²) in [5.41, 5.74) is 0.440. The van der Waals surface area contributed by atoms with Crippen molar-refractivity contribution in [3.8, 4) is 5.69 Å². The van der Waals surface area contributed by atoms with Crippen molar-refractivity contribution < 1.29 is 35.2 Å². The summed E-state index contributed by atoms with van der Waals surface area (Å²) < 4.78 is 100.0. The molecule has 2 aliphatic carbocycles. The van der Waals surface area contributed by atoms with Crippen LogP contribution in [0.4, 0.5) is 22.0 Å². The van der Waals surface area contributed by atoms with E-state index in [-0.39, 0.29) is 31.4 Å². The Hall–Kier alpha value is -4.24. The molecular weight excluding hydrogens is 607 g/mol. The first-order chi connectivity index (χ1) is 20.8. The molecule has 1 aromatic carbocycles. The number of sulfonamides is 1. The molecule has 0 saturated heterocycles. The van der Waals surface area contributed by atoms with E-state index in [1.807, 2.05) is 0 Å². The van der Waals surface area contributed by atoms with E-state index in [0.29, 0.717) is 26.8 Å². The minimum atomic E-state index is -4.89. The van der Waals surface area contributed by atoms with E-state index in [0.717, 1.165) is 24.5 Å². The van der Waals surface area contributed by atoms with Crippen molar-refractivity contribution in [3.05, 3.63) is 95.5 Å². The Labute approximate surface area is 248 Å². The van der Waals surface area contributed by atoms with Crippen LogP contribution in [0, 0.1) is 17.0 Å². The van der Waals surface area contributed by atoms with Gasteiger partial charge in [0.1, 0.15) is 23.9 Å². The molecule has 6 rings (SSSR count). The average Bonchev–Trinajstić information content (AvgIpc) is 3.60. The molecule has 0 unspecified atom stereocenters. The average molecular weight is 633 g/mol. The third-order valence-corrected chi connectivity index (χ3v) is 9.88. The molecule has 2 atom stereocenters. The molecule has 2 aliphatic rings. The van der Waals surface area contributed by atoms with Crippen LogP contribution in [0.2, 0.25) is 0 Å². The quantitative estimate of drug-likeness (QED) is 0.212. The first kappa shape index (κ1) is 29.8. The fourth-order valence-electron chi connectivity index (χ4n) is 6.12. The van der Waals surface area contributed by atoms with Crippen molar-refractivity contribution in [3.63, 3.8) is 0 Å². The lowest BCUT2D eigenvalue weighted by atomic mass is 9.60. The number of rotatable bonds is 7. The number of benzene rings is 1. The van der Waals surface area contributed by atoms with Gasteiger partial charge in [-0.05, 0) is 67.7 Å². The Bertz CT molecular complexity index is 1880. The van der Waals surface area contributed by atoms with Gasteiger partial charge in [-0.2, -0.15) is 22.6 Å². The number of fused-ring (bicyclic) bond motifs is 2. The molecule has 15 heteroatoms. The second-order valence-corrected chi connectivity index (χ2v) is 12.8. The molecule has 0 aliphatic heterocycles. The van der Waals surface area contributed by atoms with E-state index in [1.165, 1.54) is 48.4 Å². The van der Waals surface area contributed by atoms with Crippen LogP contribution < -0.4 is 0 Å². The topological polar surface area (TPSA) is 103 Å². The minimum Gasteiger partial charge on any atom is -0.339 e. The van der Waals surface area contributed by atoms with Gasteiger partial charge in [0.2, 0.25) is 0 Å². The number of Topliss-reactive ketones (excluding diaryl/α,β-unsaturated/α-hetero) is 1. The number of hydrogen-bond acceptors (Lipinski definition) is 6. The summed E-state index contributed by atoms with van der Waals surface area (Å²) in [4.78, 5) is 22.1. The van der Waals surface area contributed by atoms with Crippen molar-refractivity contribution >= 4 is 21.9 Å². The van der Waals surface area contributed by atoms with Crippen LogP contribution in [0.5, 0.6) is 0 Å². The van der Waals surface area contributed by atoms with Gasteiger partial charge >= 0.3 is 6.18 Å². The van der Waals surface area contributed by atoms with Gasteiger partial charge in [0, 0.05) is 31.5 Å². The second kappa shape index (κ2) is 10.7. The molecule has 1 fully saturated rings. The zero-order valence-electron chi connectivity index (χ0n) is 23.2. The fraction of sp³-hybridized carbons (Fsp3) is 0.310. The van der Waals surface area contributed by atoms with E-state index in [9.17, 15) is 35.2 Å². The number of imidazole rings is 1. The number of aryl methyl sites for hydroxylation is 1. The van der Waals surface area contributed by atoms with Crippen molar-refractivity contribution in [1.29, 1.82) is 0 Å². The lowest BCUT2D eigenvalue weighted by Crippen LogP contribution is -2.52. The summed E-state index contributed by atoms with van der Waals surface area (Å²) in [6.45, 7) is -1.79. The monoisotopic (exact) mass is 632 g/mol. The van der Waals surface area contributed by atoms with Crippen LogP contribution in [0.1, 0.15) is 41.0 Å². The van der Waals surface area contributed by atoms with Crippen molar-refractivity contribution in [2.45, 2.75) is 42.9 Å². The summed E-state index contributed by atoms with van der Waals surface area (Å²) >= 11 is 0. The molecule has 44 heavy (non-hydrogen) atoms. The van der Waals surface area contributed by atoms with Crippen LogP contribution in [0.25, 0.3) is 11.8 Å². The molecular formula is C29H25F5N6O3S. The van der Waals surface area contributed by atoms with Crippen molar-refractivity contribution in [1.82, 2.24) is 28.6 Å². The van der Waals surface area contributed by atoms with Crippen LogP contribution in [-0.4, -0.2) is 61.6 Å². The third kappa shape index (κ3) is 5.34. The van der Waals surface area contributed by atoms with Crippen molar-refractivity contribution in [2.24, 2.45) is 12.5 Å². The molecule has 9 nitrogen and oxygen atoms in total. The summed E-state index contributed by atoms with van der Waals surface area (Å²) in [6.07, 6.45) is 1.38. The highest BCUT2D eigenvalue weighted by Crippen LogP contribution is 2.51. The van der Waals surface area contributed by atoms with Crippen LogP contribution >= 0.6 is 0 Å². The van der Waals surface area contributed by atoms with Crippen molar-refractivity contribution in [2.75, 3.05) is 6.54 Å². The van der Waals surface area contributed by atoms with Gasteiger partial charge < -0.3 is 4.57 Å². The normalized spacial score (nSPS) is 20.2. The van der Waals surface area contributed by atoms with Gasteiger partial charge in [-0.1, -0.05) is 5.57 Å². The van der Waals surface area contributed by atoms with Gasteiger partial charge in [0.05, 0.1) is 29.3 Å². The number of aromatic nitrogens is 5. The molecule has 0 radical (unpaired) electrons. The lowest BCUT2D eigenvalue weighted by Gasteiger charge is -2.46. The molecule has 1 saturated carbocycles. The Morgan fingerprint density at radius 2 is 1.86 bits per heavy atom. The zero-order chi connectivity index (χ0) is 31.4. The second-order valence-electron chi connectivity index (χ2n) is 11.0. The largest absolute Gasteiger partial charge is 0.402 e. The number of carbonyl (C=O) groups excluding carboxylic acids is 1. The highest BCUT2D eigenvalue weighted by atomic mass is 32.2. The number of hydrogen-bond donors (Lipinski definition) is 0. The Morgan fingerprint density at radius 3 is 2.52 bits per heavy atom. The third-order valence-electron chi connectivity index (χ3n) is 8.09. The molecule has 0 bridgehead atoms. The number of carbonyl (C=O) groups is 1. The summed E-state index contributed by atoms with van der Waals surface area (Å²) in [5, 5.41) is 3.86. The van der Waals surface area contributed by atoms with E-state index in [1.54, 1.807) is 10.8 Å². The van der Waals surface area contributed by atoms with E-state index < -0.39 is 56.6 Å². The summed E-state index contributed by atoms with van der Waals surface area (Å²) in [6, 6.07) is 6.35. The molecule has 230 valence electrons. The van der Waals surface area contributed by atoms with Crippen LogP contribution in [0.15, 0.2) is 71.9 Å². The van der Waals surface area contributed by atoms with Gasteiger partial charge in [0.15, 0.2) is 10.8 Å². The number of ketones is 1. The van der Waals surface area contributed by atoms with Gasteiger partial charge in [-0.3, -0.25) is 9.78 Å². The molecule has 0 N–H and O–H groups in total. The van der Waals surface area contributed by atoms with E-state index in [4.69, 9.17) is 0 Å². The Morgan fingerprint density at radius 1 is 1.11 bits per heavy atom. The number of allylic oxidation sites excluding steroid dienone is 1. The molecule has 4 aromatic rings. The predicted octanol–water partition coefficient (Wildman–Crippen LogP) is 4.89. The maximum atomic E-state index is 14.3. The fourth-order valence-corrected chi connectivity index (χ4v) is 7.73. The minimum absolute atomic E-state index is 0.0282. The number of halogens is 5. The standard InChI is InChI=1S/C29H25F5N6O3S/c1-38-15-26(36-17-38)44(42,43)39(16-29(32,33)34)23-5-2-19-10-25-18(14-37-40(25)22-6-3-20(30)4-7-22)12-28(19,13-23)27(41)24-11-21(31)8-9-35-24/h3-4,6-11,14-15,17,23H,2,5,12-13,16H2,1H3/t23-,28-/m0/s1. The maximum Gasteiger partial charge on any atom is 0.402 e. The van der Waals surface area contributed by atoms with E-state index in [2.05, 4.69) is 15.1 Å². The maximum absolute atomic E-state index is 14.3. The van der Waals surface area contributed by atoms with Crippen LogP contribution in [-0.2, 0) is 23.5 Å². The number of nitrogens with zero attached hydrogens (tertiary/aromatic N) is 6. The van der Waals surface area contributed by atoms with Gasteiger partial charge in [-0.15, -0.1) is 0 Å². The van der Waals surface area contributed by atoms with Gasteiger partial charge in [-0.25, -0.2) is 26.9 Å².